The molecule has 2 rings (SSSR count). The van der Waals surface area contributed by atoms with Gasteiger partial charge in [-0.15, -0.1) is 0 Å². The molecule has 0 aliphatic rings. The Labute approximate surface area is 85.1 Å². The summed E-state index contributed by atoms with van der Waals surface area (Å²) >= 11 is 0. The molecule has 1 aromatic heterocycles. The van der Waals surface area contributed by atoms with E-state index in [2.05, 4.69) is 4.98 Å². The van der Waals surface area contributed by atoms with Crippen molar-refractivity contribution in [2.45, 2.75) is 4.90 Å². The molecule has 0 amide bonds. The molecule has 0 aliphatic carbocycles. The predicted octanol–water partition coefficient (Wildman–Crippen LogP) is 1.68. The molecule has 0 saturated carbocycles. The number of hydrogen-bond acceptors (Lipinski definition) is 3. The molecule has 1 heterocycles. The van der Waals surface area contributed by atoms with Gasteiger partial charge in [0.25, 0.3) is 9.05 Å². The lowest BCUT2D eigenvalue weighted by molar-refractivity contribution is 0.610. The highest BCUT2D eigenvalue weighted by atomic mass is 35.7. The van der Waals surface area contributed by atoms with Gasteiger partial charge in [-0.2, -0.15) is 0 Å². The summed E-state index contributed by atoms with van der Waals surface area (Å²) in [5.41, 5.74) is 6.18. The summed E-state index contributed by atoms with van der Waals surface area (Å²) < 4.78 is 22.4. The molecule has 0 radical (unpaired) electrons. The molecule has 74 valence electrons. The summed E-state index contributed by atoms with van der Waals surface area (Å²) in [6.45, 7) is 0. The lowest BCUT2D eigenvalue weighted by Gasteiger charge is -1.93. The number of fused-ring (bicyclic) bond motifs is 1. The van der Waals surface area contributed by atoms with E-state index >= 15 is 0 Å². The highest BCUT2D eigenvalue weighted by molar-refractivity contribution is 8.14. The molecule has 14 heavy (non-hydrogen) atoms. The molecule has 0 aliphatic heterocycles. The monoisotopic (exact) mass is 230 g/mol. The summed E-state index contributed by atoms with van der Waals surface area (Å²) in [6, 6.07) is 6.89. The van der Waals surface area contributed by atoms with Crippen molar-refractivity contribution in [3.05, 3.63) is 24.3 Å². The fourth-order valence-corrected chi connectivity index (χ4v) is 2.65. The van der Waals surface area contributed by atoms with Gasteiger partial charge < -0.3 is 10.7 Å². The number of rotatable bonds is 1. The second-order valence-corrected chi connectivity index (χ2v) is 5.35. The van der Waals surface area contributed by atoms with Crippen LogP contribution in [0, 0.1) is 0 Å². The molecule has 0 bridgehead atoms. The van der Waals surface area contributed by atoms with Gasteiger partial charge in [-0.05, 0) is 6.07 Å². The number of aromatic nitrogens is 1. The van der Waals surface area contributed by atoms with Crippen molar-refractivity contribution in [2.75, 3.05) is 5.73 Å². The number of nitrogens with two attached hydrogens (primary N) is 1. The van der Waals surface area contributed by atoms with Crippen molar-refractivity contribution in [3.63, 3.8) is 0 Å². The van der Waals surface area contributed by atoms with Crippen LogP contribution in [0.3, 0.4) is 0 Å². The Morgan fingerprint density at radius 2 is 1.93 bits per heavy atom. The number of para-hydroxylation sites is 1. The van der Waals surface area contributed by atoms with Gasteiger partial charge in [-0.25, -0.2) is 8.42 Å². The first-order chi connectivity index (χ1) is 6.50. The van der Waals surface area contributed by atoms with Crippen molar-refractivity contribution in [1.29, 1.82) is 0 Å². The van der Waals surface area contributed by atoms with Gasteiger partial charge in [-0.3, -0.25) is 0 Å². The lowest BCUT2D eigenvalue weighted by atomic mass is 10.2. The predicted molar refractivity (Wildman–Crippen MR) is 55.7 cm³/mol. The van der Waals surface area contributed by atoms with E-state index in [9.17, 15) is 8.42 Å². The van der Waals surface area contributed by atoms with Crippen LogP contribution in [-0.2, 0) is 9.05 Å². The average Bonchev–Trinajstić information content (AvgIpc) is 2.38. The Bertz CT molecular complexity index is 588. The van der Waals surface area contributed by atoms with E-state index in [4.69, 9.17) is 16.4 Å². The van der Waals surface area contributed by atoms with E-state index in [1.54, 1.807) is 24.3 Å². The van der Waals surface area contributed by atoms with Gasteiger partial charge >= 0.3 is 0 Å². The van der Waals surface area contributed by atoms with Crippen molar-refractivity contribution in [2.24, 2.45) is 0 Å². The molecular weight excluding hydrogens is 224 g/mol. The molecular formula is C8H7ClN2O2S. The van der Waals surface area contributed by atoms with Crippen LogP contribution in [0.1, 0.15) is 0 Å². The average molecular weight is 231 g/mol. The maximum absolute atomic E-state index is 11.2. The maximum atomic E-state index is 11.2. The topological polar surface area (TPSA) is 76.0 Å². The van der Waals surface area contributed by atoms with Crippen LogP contribution < -0.4 is 5.73 Å². The van der Waals surface area contributed by atoms with Crippen LogP contribution in [0.2, 0.25) is 0 Å². The van der Waals surface area contributed by atoms with Gasteiger partial charge in [-0.1, -0.05) is 18.2 Å². The Hall–Kier alpha value is -1.20. The Kier molecular flexibility index (Phi) is 1.94. The first kappa shape index (κ1) is 9.36. The smallest absolute Gasteiger partial charge is 0.265 e. The van der Waals surface area contributed by atoms with Gasteiger partial charge in [0.05, 0.1) is 0 Å². The van der Waals surface area contributed by atoms with Crippen molar-refractivity contribution >= 4 is 36.5 Å². The molecule has 3 N–H and O–H groups in total. The lowest BCUT2D eigenvalue weighted by Crippen LogP contribution is -1.95. The third-order valence-corrected chi connectivity index (χ3v) is 3.32. The van der Waals surface area contributed by atoms with Gasteiger partial charge in [0.15, 0.2) is 0 Å². The van der Waals surface area contributed by atoms with E-state index in [0.29, 0.717) is 10.9 Å². The summed E-state index contributed by atoms with van der Waals surface area (Å²) in [4.78, 5) is 2.70. The number of anilines is 1. The summed E-state index contributed by atoms with van der Waals surface area (Å²) in [7, 11) is 1.46. The first-order valence-electron chi connectivity index (χ1n) is 3.81. The molecule has 0 unspecified atom stereocenters. The minimum atomic E-state index is -3.80. The largest absolute Gasteiger partial charge is 0.384 e. The molecule has 0 atom stereocenters. The Morgan fingerprint density at radius 3 is 2.57 bits per heavy atom. The molecule has 0 spiro atoms. The fraction of sp³-hybridized carbons (Fsp3) is 0. The van der Waals surface area contributed by atoms with Crippen molar-refractivity contribution in [3.8, 4) is 0 Å². The number of halogens is 1. The van der Waals surface area contributed by atoms with Crippen LogP contribution >= 0.6 is 10.7 Å². The molecule has 6 heteroatoms. The van der Waals surface area contributed by atoms with Crippen LogP contribution in [0.4, 0.5) is 5.82 Å². The second kappa shape index (κ2) is 2.90. The first-order valence-corrected chi connectivity index (χ1v) is 6.12. The van der Waals surface area contributed by atoms with E-state index in [-0.39, 0.29) is 10.7 Å². The van der Waals surface area contributed by atoms with E-state index in [1.807, 2.05) is 0 Å². The van der Waals surface area contributed by atoms with E-state index < -0.39 is 9.05 Å². The standard InChI is InChI=1S/C8H7ClN2O2S/c9-14(12,13)7-5-3-1-2-4-6(5)11-8(7)10/h1-4,11H,10H2. The number of aromatic amines is 1. The van der Waals surface area contributed by atoms with Gasteiger partial charge in [0, 0.05) is 21.6 Å². The summed E-state index contributed by atoms with van der Waals surface area (Å²) in [6.07, 6.45) is 0. The van der Waals surface area contributed by atoms with Crippen LogP contribution in [-0.4, -0.2) is 13.4 Å². The zero-order valence-corrected chi connectivity index (χ0v) is 8.56. The molecule has 0 saturated heterocycles. The SMILES string of the molecule is Nc1[nH]c2ccccc2c1S(=O)(=O)Cl. The van der Waals surface area contributed by atoms with Gasteiger partial charge in [0.2, 0.25) is 0 Å². The zero-order chi connectivity index (χ0) is 10.3. The third-order valence-electron chi connectivity index (χ3n) is 1.93. The van der Waals surface area contributed by atoms with E-state index in [0.717, 1.165) is 0 Å². The normalized spacial score (nSPS) is 12.1. The number of H-pyrrole nitrogens is 1. The highest BCUT2D eigenvalue weighted by Gasteiger charge is 2.20. The third kappa shape index (κ3) is 1.34. The minimum Gasteiger partial charge on any atom is -0.384 e. The van der Waals surface area contributed by atoms with Crippen LogP contribution in [0.15, 0.2) is 29.2 Å². The molecule has 4 nitrogen and oxygen atoms in total. The van der Waals surface area contributed by atoms with E-state index in [1.165, 1.54) is 0 Å². The zero-order valence-electron chi connectivity index (χ0n) is 6.99. The highest BCUT2D eigenvalue weighted by Crippen LogP contribution is 2.30. The van der Waals surface area contributed by atoms with Crippen molar-refractivity contribution in [1.82, 2.24) is 4.98 Å². The van der Waals surface area contributed by atoms with Crippen LogP contribution in [0.25, 0.3) is 10.9 Å². The fourth-order valence-electron chi connectivity index (χ4n) is 1.40. The maximum Gasteiger partial charge on any atom is 0.265 e. The molecule has 1 aromatic carbocycles. The number of nitrogens with one attached hydrogen (secondary N) is 1. The quantitative estimate of drug-likeness (QED) is 0.732. The minimum absolute atomic E-state index is 0.0465. The number of benzene rings is 1. The van der Waals surface area contributed by atoms with Crippen molar-refractivity contribution < 1.29 is 8.42 Å². The van der Waals surface area contributed by atoms with Crippen LogP contribution in [0.5, 0.6) is 0 Å². The van der Waals surface area contributed by atoms with Gasteiger partial charge in [0.1, 0.15) is 10.7 Å². The molecule has 0 fully saturated rings. The molecule has 2 aromatic rings. The Morgan fingerprint density at radius 1 is 1.29 bits per heavy atom. The summed E-state index contributed by atoms with van der Waals surface area (Å²) in [5.74, 6) is 0.0706. The Balaban J connectivity index is 2.95. The summed E-state index contributed by atoms with van der Waals surface area (Å²) in [5, 5.41) is 0.514. The second-order valence-electron chi connectivity index (χ2n) is 2.85. The number of nitrogen functional groups attached to an aromatic ring is 1. The number of hydrogen-bond donors (Lipinski definition) is 2.